The first kappa shape index (κ1) is 16.6. The largest absolute Gasteiger partial charge is 0.376 e. The number of hydrogen-bond acceptors (Lipinski definition) is 3. The summed E-state index contributed by atoms with van der Waals surface area (Å²) >= 11 is 1.75. The summed E-state index contributed by atoms with van der Waals surface area (Å²) in [6.45, 7) is 1.22. The Balaban J connectivity index is 1.27. The molecule has 1 N–H and O–H groups in total. The molecule has 3 nitrogen and oxygen atoms in total. The van der Waals surface area contributed by atoms with E-state index in [1.165, 1.54) is 27.1 Å². The van der Waals surface area contributed by atoms with Gasteiger partial charge < -0.3 is 10.2 Å². The maximum atomic E-state index is 12.8. The SMILES string of the molecule is O=C(CNc1ccc2c(c1)Cc1ccccc1-2)N1CCCC1c1cccs1. The molecule has 1 aliphatic heterocycles. The van der Waals surface area contributed by atoms with Gasteiger partial charge in [-0.3, -0.25) is 4.79 Å². The van der Waals surface area contributed by atoms with Crippen LogP contribution >= 0.6 is 11.3 Å². The van der Waals surface area contributed by atoms with Crippen LogP contribution < -0.4 is 5.32 Å². The van der Waals surface area contributed by atoms with Crippen molar-refractivity contribution >= 4 is 22.9 Å². The zero-order valence-corrected chi connectivity index (χ0v) is 16.0. The lowest BCUT2D eigenvalue weighted by Crippen LogP contribution is -2.34. The Hall–Kier alpha value is -2.59. The Labute approximate surface area is 163 Å². The van der Waals surface area contributed by atoms with E-state index in [0.717, 1.165) is 31.5 Å². The molecule has 2 aliphatic rings. The summed E-state index contributed by atoms with van der Waals surface area (Å²) in [4.78, 5) is 16.2. The first-order valence-corrected chi connectivity index (χ1v) is 10.5. The number of amides is 1. The number of rotatable bonds is 4. The molecule has 1 aliphatic carbocycles. The number of fused-ring (bicyclic) bond motifs is 3. The van der Waals surface area contributed by atoms with Crippen molar-refractivity contribution in [3.8, 4) is 11.1 Å². The molecule has 136 valence electrons. The highest BCUT2D eigenvalue weighted by Crippen LogP contribution is 2.38. The molecule has 3 aromatic rings. The molecule has 27 heavy (non-hydrogen) atoms. The number of carbonyl (C=O) groups excluding carboxylic acids is 1. The van der Waals surface area contributed by atoms with Gasteiger partial charge in [-0.1, -0.05) is 36.4 Å². The minimum absolute atomic E-state index is 0.190. The van der Waals surface area contributed by atoms with Crippen LogP contribution in [0.1, 0.15) is 34.9 Å². The molecule has 1 atom stereocenters. The van der Waals surface area contributed by atoms with Gasteiger partial charge in [0.1, 0.15) is 0 Å². The number of anilines is 1. The normalized spacial score (nSPS) is 17.6. The van der Waals surface area contributed by atoms with Gasteiger partial charge >= 0.3 is 0 Å². The molecule has 0 spiro atoms. The molecule has 1 aromatic heterocycles. The van der Waals surface area contributed by atoms with E-state index in [1.54, 1.807) is 11.3 Å². The van der Waals surface area contributed by atoms with Gasteiger partial charge in [-0.2, -0.15) is 0 Å². The van der Waals surface area contributed by atoms with Crippen molar-refractivity contribution in [2.45, 2.75) is 25.3 Å². The second kappa shape index (κ2) is 6.86. The lowest BCUT2D eigenvalue weighted by molar-refractivity contribution is -0.130. The summed E-state index contributed by atoms with van der Waals surface area (Å²) < 4.78 is 0. The summed E-state index contributed by atoms with van der Waals surface area (Å²) in [6, 6.07) is 19.5. The van der Waals surface area contributed by atoms with Gasteiger partial charge in [0.2, 0.25) is 5.91 Å². The summed E-state index contributed by atoms with van der Waals surface area (Å²) in [5.74, 6) is 0.190. The minimum Gasteiger partial charge on any atom is -0.376 e. The third kappa shape index (κ3) is 3.04. The van der Waals surface area contributed by atoms with Crippen LogP contribution in [0.3, 0.4) is 0 Å². The van der Waals surface area contributed by atoms with Crippen LogP contribution in [0.15, 0.2) is 60.0 Å². The van der Waals surface area contributed by atoms with Crippen molar-refractivity contribution in [1.82, 2.24) is 4.90 Å². The van der Waals surface area contributed by atoms with Crippen LogP contribution in [0.25, 0.3) is 11.1 Å². The molecular formula is C23H22N2OS. The van der Waals surface area contributed by atoms with E-state index >= 15 is 0 Å². The fraction of sp³-hybridized carbons (Fsp3) is 0.261. The molecule has 5 rings (SSSR count). The molecule has 4 heteroatoms. The second-order valence-corrected chi connectivity index (χ2v) is 8.30. The molecule has 1 unspecified atom stereocenters. The number of nitrogens with zero attached hydrogens (tertiary/aromatic N) is 1. The van der Waals surface area contributed by atoms with Crippen molar-refractivity contribution in [3.63, 3.8) is 0 Å². The Morgan fingerprint density at radius 2 is 1.96 bits per heavy atom. The van der Waals surface area contributed by atoms with Crippen LogP contribution in [0, 0.1) is 0 Å². The van der Waals surface area contributed by atoms with E-state index < -0.39 is 0 Å². The van der Waals surface area contributed by atoms with Crippen molar-refractivity contribution in [2.24, 2.45) is 0 Å². The first-order chi connectivity index (χ1) is 13.3. The predicted octanol–water partition coefficient (Wildman–Crippen LogP) is 5.09. The quantitative estimate of drug-likeness (QED) is 0.539. The fourth-order valence-corrected chi connectivity index (χ4v) is 5.25. The predicted molar refractivity (Wildman–Crippen MR) is 111 cm³/mol. The molecule has 2 aromatic carbocycles. The Morgan fingerprint density at radius 3 is 2.85 bits per heavy atom. The molecule has 0 saturated carbocycles. The maximum absolute atomic E-state index is 12.8. The van der Waals surface area contributed by atoms with Crippen LogP contribution in [-0.2, 0) is 11.2 Å². The van der Waals surface area contributed by atoms with E-state index in [9.17, 15) is 4.79 Å². The molecule has 1 fully saturated rings. The number of carbonyl (C=O) groups is 1. The first-order valence-electron chi connectivity index (χ1n) is 9.57. The number of likely N-dealkylation sites (tertiary alicyclic amines) is 1. The van der Waals surface area contributed by atoms with Crippen molar-refractivity contribution < 1.29 is 4.79 Å². The summed E-state index contributed by atoms with van der Waals surface area (Å²) in [7, 11) is 0. The Morgan fingerprint density at radius 1 is 1.07 bits per heavy atom. The average Bonchev–Trinajstić information content (AvgIpc) is 3.44. The Bertz CT molecular complexity index is 980. The van der Waals surface area contributed by atoms with Crippen molar-refractivity contribution in [3.05, 3.63) is 76.0 Å². The van der Waals surface area contributed by atoms with E-state index in [2.05, 4.69) is 65.3 Å². The third-order valence-electron chi connectivity index (χ3n) is 5.68. The van der Waals surface area contributed by atoms with E-state index in [4.69, 9.17) is 0 Å². The van der Waals surface area contributed by atoms with Crippen molar-refractivity contribution in [2.75, 3.05) is 18.4 Å². The zero-order chi connectivity index (χ0) is 18.2. The van der Waals surface area contributed by atoms with Gasteiger partial charge in [-0.15, -0.1) is 11.3 Å². The van der Waals surface area contributed by atoms with Crippen molar-refractivity contribution in [1.29, 1.82) is 0 Å². The van der Waals surface area contributed by atoms with Gasteiger partial charge in [0.15, 0.2) is 0 Å². The maximum Gasteiger partial charge on any atom is 0.242 e. The zero-order valence-electron chi connectivity index (χ0n) is 15.2. The molecule has 0 bridgehead atoms. The van der Waals surface area contributed by atoms with Crippen LogP contribution in [0.2, 0.25) is 0 Å². The highest BCUT2D eigenvalue weighted by molar-refractivity contribution is 7.10. The van der Waals surface area contributed by atoms with E-state index in [1.807, 2.05) is 4.90 Å². The van der Waals surface area contributed by atoms with E-state index in [0.29, 0.717) is 6.54 Å². The second-order valence-electron chi connectivity index (χ2n) is 7.32. The van der Waals surface area contributed by atoms with Gasteiger partial charge in [0.25, 0.3) is 0 Å². The lowest BCUT2D eigenvalue weighted by atomic mass is 10.1. The summed E-state index contributed by atoms with van der Waals surface area (Å²) in [5.41, 5.74) is 6.41. The monoisotopic (exact) mass is 374 g/mol. The number of nitrogens with one attached hydrogen (secondary N) is 1. The fourth-order valence-electron chi connectivity index (χ4n) is 4.38. The van der Waals surface area contributed by atoms with Gasteiger partial charge in [0, 0.05) is 17.1 Å². The summed E-state index contributed by atoms with van der Waals surface area (Å²) in [5, 5.41) is 5.45. The highest BCUT2D eigenvalue weighted by Gasteiger charge is 2.30. The highest BCUT2D eigenvalue weighted by atomic mass is 32.1. The molecule has 1 amide bonds. The van der Waals surface area contributed by atoms with Crippen LogP contribution in [0.5, 0.6) is 0 Å². The van der Waals surface area contributed by atoms with E-state index in [-0.39, 0.29) is 11.9 Å². The molecule has 2 heterocycles. The van der Waals surface area contributed by atoms with Gasteiger partial charge in [-0.25, -0.2) is 0 Å². The summed E-state index contributed by atoms with van der Waals surface area (Å²) in [6.07, 6.45) is 3.14. The topological polar surface area (TPSA) is 32.3 Å². The third-order valence-corrected chi connectivity index (χ3v) is 6.66. The van der Waals surface area contributed by atoms with Gasteiger partial charge in [0.05, 0.1) is 12.6 Å². The molecule has 1 saturated heterocycles. The van der Waals surface area contributed by atoms with Gasteiger partial charge in [-0.05, 0) is 65.1 Å². The lowest BCUT2D eigenvalue weighted by Gasteiger charge is -2.24. The number of hydrogen-bond donors (Lipinski definition) is 1. The van der Waals surface area contributed by atoms with Crippen LogP contribution in [-0.4, -0.2) is 23.9 Å². The Kier molecular flexibility index (Phi) is 4.21. The smallest absolute Gasteiger partial charge is 0.242 e. The number of thiophene rings is 1. The van der Waals surface area contributed by atoms with Crippen LogP contribution in [0.4, 0.5) is 5.69 Å². The number of benzene rings is 2. The average molecular weight is 375 g/mol. The standard InChI is InChI=1S/C23H22N2OS/c26-23(25-11-3-7-21(25)22-8-4-12-27-22)15-24-18-9-10-20-17(14-18)13-16-5-1-2-6-19(16)20/h1-2,4-6,8-10,12,14,21,24H,3,7,11,13,15H2. The molecule has 0 radical (unpaired) electrons. The molecular weight excluding hydrogens is 352 g/mol. The minimum atomic E-state index is 0.190.